The van der Waals surface area contributed by atoms with Gasteiger partial charge in [0, 0.05) is 23.3 Å². The van der Waals surface area contributed by atoms with Crippen LogP contribution >= 0.6 is 22.9 Å². The minimum atomic E-state index is 0.388. The van der Waals surface area contributed by atoms with Crippen molar-refractivity contribution in [3.8, 4) is 0 Å². The van der Waals surface area contributed by atoms with Crippen LogP contribution in [0.1, 0.15) is 23.8 Å². The first-order valence-electron chi connectivity index (χ1n) is 6.66. The van der Waals surface area contributed by atoms with Gasteiger partial charge in [-0.3, -0.25) is 0 Å². The van der Waals surface area contributed by atoms with Gasteiger partial charge in [-0.25, -0.2) is 9.97 Å². The van der Waals surface area contributed by atoms with Gasteiger partial charge in [-0.2, -0.15) is 0 Å². The van der Waals surface area contributed by atoms with Crippen LogP contribution in [0.15, 0.2) is 6.33 Å². The minimum Gasteiger partial charge on any atom is -0.352 e. The van der Waals surface area contributed by atoms with Gasteiger partial charge in [-0.1, -0.05) is 6.92 Å². The van der Waals surface area contributed by atoms with Gasteiger partial charge in [0.05, 0.1) is 5.39 Å². The molecule has 0 amide bonds. The molecule has 3 nitrogen and oxygen atoms in total. The summed E-state index contributed by atoms with van der Waals surface area (Å²) in [6.45, 7) is 7.63. The summed E-state index contributed by atoms with van der Waals surface area (Å²) in [6, 6.07) is 0.388. The van der Waals surface area contributed by atoms with Crippen molar-refractivity contribution in [2.75, 3.05) is 17.3 Å². The number of aromatic nitrogens is 2. The predicted octanol–water partition coefficient (Wildman–Crippen LogP) is 3.76. The highest BCUT2D eigenvalue weighted by atomic mass is 35.5. The molecule has 1 aliphatic heterocycles. The van der Waals surface area contributed by atoms with Crippen molar-refractivity contribution in [2.24, 2.45) is 5.92 Å². The number of aryl methyl sites for hydroxylation is 2. The topological polar surface area (TPSA) is 29.0 Å². The van der Waals surface area contributed by atoms with Crippen molar-refractivity contribution in [3.05, 3.63) is 16.8 Å². The molecule has 2 aromatic rings. The monoisotopic (exact) mass is 295 g/mol. The first-order chi connectivity index (χ1) is 9.13. The van der Waals surface area contributed by atoms with E-state index in [0.29, 0.717) is 17.8 Å². The van der Waals surface area contributed by atoms with Crippen LogP contribution in [0.2, 0.25) is 0 Å². The molecule has 3 heterocycles. The van der Waals surface area contributed by atoms with E-state index in [-0.39, 0.29) is 0 Å². The molecule has 19 heavy (non-hydrogen) atoms. The lowest BCUT2D eigenvalue weighted by Crippen LogP contribution is -2.34. The van der Waals surface area contributed by atoms with Crippen LogP contribution in [-0.4, -0.2) is 28.4 Å². The summed E-state index contributed by atoms with van der Waals surface area (Å²) in [5, 5.41) is 1.22. The van der Waals surface area contributed by atoms with Crippen molar-refractivity contribution >= 4 is 39.0 Å². The van der Waals surface area contributed by atoms with E-state index in [0.717, 1.165) is 17.2 Å². The molecule has 0 bridgehead atoms. The van der Waals surface area contributed by atoms with E-state index in [9.17, 15) is 0 Å². The van der Waals surface area contributed by atoms with Crippen molar-refractivity contribution in [3.63, 3.8) is 0 Å². The van der Waals surface area contributed by atoms with Gasteiger partial charge in [-0.05, 0) is 31.7 Å². The zero-order valence-electron chi connectivity index (χ0n) is 11.5. The summed E-state index contributed by atoms with van der Waals surface area (Å²) >= 11 is 7.91. The molecular weight excluding hydrogens is 278 g/mol. The Labute approximate surface area is 122 Å². The van der Waals surface area contributed by atoms with Crippen LogP contribution in [0.3, 0.4) is 0 Å². The van der Waals surface area contributed by atoms with Crippen LogP contribution in [-0.2, 0) is 0 Å². The maximum atomic E-state index is 6.16. The zero-order chi connectivity index (χ0) is 13.6. The number of thiophene rings is 1. The number of alkyl halides is 1. The highest BCUT2D eigenvalue weighted by molar-refractivity contribution is 7.18. The summed E-state index contributed by atoms with van der Waals surface area (Å²) in [5.74, 6) is 2.36. The molecule has 1 saturated heterocycles. The van der Waals surface area contributed by atoms with Crippen LogP contribution in [0.5, 0.6) is 0 Å². The maximum absolute atomic E-state index is 6.16. The number of nitrogens with zero attached hydrogens (tertiary/aromatic N) is 3. The summed E-state index contributed by atoms with van der Waals surface area (Å²) in [6.07, 6.45) is 2.87. The molecule has 0 radical (unpaired) electrons. The Morgan fingerprint density at radius 3 is 2.95 bits per heavy atom. The molecule has 2 unspecified atom stereocenters. The van der Waals surface area contributed by atoms with Gasteiger partial charge in [0.25, 0.3) is 0 Å². The van der Waals surface area contributed by atoms with Gasteiger partial charge in [0.15, 0.2) is 0 Å². The van der Waals surface area contributed by atoms with Gasteiger partial charge < -0.3 is 4.90 Å². The number of anilines is 1. The minimum absolute atomic E-state index is 0.388. The lowest BCUT2D eigenvalue weighted by molar-refractivity contribution is 0.549. The van der Waals surface area contributed by atoms with Crippen molar-refractivity contribution < 1.29 is 0 Å². The standard InChI is InChI=1S/C14H18ClN3S/c1-8-4-5-18(11(8)6-15)13-12-9(2)10(3)19-14(12)17-7-16-13/h7-8,11H,4-6H2,1-3H3. The van der Waals surface area contributed by atoms with Crippen LogP contribution in [0.25, 0.3) is 10.2 Å². The van der Waals surface area contributed by atoms with Crippen molar-refractivity contribution in [2.45, 2.75) is 33.2 Å². The van der Waals surface area contributed by atoms with Gasteiger partial charge in [0.2, 0.25) is 0 Å². The highest BCUT2D eigenvalue weighted by Crippen LogP contribution is 2.38. The Kier molecular flexibility index (Phi) is 3.39. The fourth-order valence-electron chi connectivity index (χ4n) is 2.89. The number of fused-ring (bicyclic) bond motifs is 1. The quantitative estimate of drug-likeness (QED) is 0.790. The molecule has 102 valence electrons. The molecule has 1 fully saturated rings. The summed E-state index contributed by atoms with van der Waals surface area (Å²) in [7, 11) is 0. The lowest BCUT2D eigenvalue weighted by atomic mass is 10.0. The second kappa shape index (κ2) is 4.91. The van der Waals surface area contributed by atoms with E-state index in [4.69, 9.17) is 11.6 Å². The van der Waals surface area contributed by atoms with E-state index < -0.39 is 0 Å². The average Bonchev–Trinajstić information content (AvgIpc) is 2.91. The molecule has 0 saturated carbocycles. The molecule has 2 aromatic heterocycles. The fraction of sp³-hybridized carbons (Fsp3) is 0.571. The second-order valence-corrected chi connectivity index (χ2v) is 6.85. The second-order valence-electron chi connectivity index (χ2n) is 5.34. The maximum Gasteiger partial charge on any atom is 0.141 e. The zero-order valence-corrected chi connectivity index (χ0v) is 13.1. The van der Waals surface area contributed by atoms with E-state index in [2.05, 4.69) is 35.6 Å². The third kappa shape index (κ3) is 2.01. The number of hydrogen-bond donors (Lipinski definition) is 0. The van der Waals surface area contributed by atoms with E-state index in [1.807, 2.05) is 0 Å². The molecule has 2 atom stereocenters. The average molecular weight is 296 g/mol. The van der Waals surface area contributed by atoms with E-state index in [1.165, 1.54) is 22.2 Å². The van der Waals surface area contributed by atoms with Crippen LogP contribution < -0.4 is 4.90 Å². The Morgan fingerprint density at radius 2 is 2.21 bits per heavy atom. The van der Waals surface area contributed by atoms with E-state index in [1.54, 1.807) is 17.7 Å². The third-order valence-electron chi connectivity index (χ3n) is 4.26. The smallest absolute Gasteiger partial charge is 0.141 e. The van der Waals surface area contributed by atoms with Gasteiger partial charge in [-0.15, -0.1) is 22.9 Å². The molecule has 0 aliphatic carbocycles. The van der Waals surface area contributed by atoms with Crippen molar-refractivity contribution in [1.29, 1.82) is 0 Å². The van der Waals surface area contributed by atoms with E-state index >= 15 is 0 Å². The highest BCUT2D eigenvalue weighted by Gasteiger charge is 2.32. The molecule has 1 aliphatic rings. The normalized spacial score (nSPS) is 23.5. The molecule has 3 rings (SSSR count). The molecule has 0 aromatic carbocycles. The van der Waals surface area contributed by atoms with Gasteiger partial charge >= 0.3 is 0 Å². The number of halogens is 1. The largest absolute Gasteiger partial charge is 0.352 e. The molecule has 5 heteroatoms. The molecular formula is C14H18ClN3S. The first kappa shape index (κ1) is 13.1. The first-order valence-corrected chi connectivity index (χ1v) is 8.02. The van der Waals surface area contributed by atoms with Crippen LogP contribution in [0, 0.1) is 19.8 Å². The number of hydrogen-bond acceptors (Lipinski definition) is 4. The Balaban J connectivity index is 2.15. The number of rotatable bonds is 2. The predicted molar refractivity (Wildman–Crippen MR) is 82.5 cm³/mol. The van der Waals surface area contributed by atoms with Gasteiger partial charge in [0.1, 0.15) is 17.0 Å². The summed E-state index contributed by atoms with van der Waals surface area (Å²) < 4.78 is 0. The Morgan fingerprint density at radius 1 is 1.42 bits per heavy atom. The molecule has 0 N–H and O–H groups in total. The third-order valence-corrected chi connectivity index (χ3v) is 5.69. The lowest BCUT2D eigenvalue weighted by Gasteiger charge is -2.26. The van der Waals surface area contributed by atoms with Crippen molar-refractivity contribution in [1.82, 2.24) is 9.97 Å². The van der Waals surface area contributed by atoms with Crippen LogP contribution in [0.4, 0.5) is 5.82 Å². The molecule has 0 spiro atoms. The summed E-state index contributed by atoms with van der Waals surface area (Å²) in [4.78, 5) is 13.8. The SMILES string of the molecule is Cc1sc2ncnc(N3CCC(C)C3CCl)c2c1C. The fourth-order valence-corrected chi connectivity index (χ4v) is 4.35. The Hall–Kier alpha value is -0.870. The Bertz CT molecular complexity index is 610. The summed E-state index contributed by atoms with van der Waals surface area (Å²) in [5.41, 5.74) is 1.31.